The van der Waals surface area contributed by atoms with Gasteiger partial charge in [0, 0.05) is 6.20 Å². The summed E-state index contributed by atoms with van der Waals surface area (Å²) in [5.74, 6) is -3.91. The van der Waals surface area contributed by atoms with Crippen LogP contribution >= 0.6 is 0 Å². The number of amides is 1. The van der Waals surface area contributed by atoms with Gasteiger partial charge in [-0.25, -0.2) is 13.3 Å². The van der Waals surface area contributed by atoms with E-state index in [1.807, 2.05) is 5.32 Å². The van der Waals surface area contributed by atoms with E-state index in [9.17, 15) is 26.7 Å². The van der Waals surface area contributed by atoms with Crippen LogP contribution < -0.4 is 5.32 Å². The van der Waals surface area contributed by atoms with Crippen molar-refractivity contribution in [1.82, 2.24) is 9.61 Å². The average molecular weight is 341 g/mol. The highest BCUT2D eigenvalue weighted by Crippen LogP contribution is 2.33. The van der Waals surface area contributed by atoms with Crippen molar-refractivity contribution in [3.05, 3.63) is 65.5 Å². The number of pyridine rings is 1. The van der Waals surface area contributed by atoms with Gasteiger partial charge in [0.1, 0.15) is 17.3 Å². The zero-order valence-electron chi connectivity index (χ0n) is 11.7. The van der Waals surface area contributed by atoms with E-state index in [0.717, 1.165) is 0 Å². The molecule has 24 heavy (non-hydrogen) atoms. The molecule has 0 saturated heterocycles. The molecule has 0 aliphatic carbocycles. The Hall–Kier alpha value is -2.97. The van der Waals surface area contributed by atoms with Gasteiger partial charge >= 0.3 is 6.18 Å². The molecule has 9 heteroatoms. The average Bonchev–Trinajstić information content (AvgIpc) is 2.97. The van der Waals surface area contributed by atoms with Crippen LogP contribution in [0.4, 0.5) is 27.6 Å². The third-order valence-corrected chi connectivity index (χ3v) is 3.29. The Bertz CT molecular complexity index is 909. The van der Waals surface area contributed by atoms with Gasteiger partial charge in [0.25, 0.3) is 5.91 Å². The molecule has 0 spiro atoms. The van der Waals surface area contributed by atoms with Gasteiger partial charge in [-0.05, 0) is 30.3 Å². The molecule has 124 valence electrons. The Morgan fingerprint density at radius 1 is 1.12 bits per heavy atom. The predicted octanol–water partition coefficient (Wildman–Crippen LogP) is 3.88. The molecule has 1 aromatic carbocycles. The second kappa shape index (κ2) is 5.59. The minimum atomic E-state index is -4.90. The smallest absolute Gasteiger partial charge is 0.317 e. The van der Waals surface area contributed by atoms with Crippen LogP contribution in [0.1, 0.15) is 15.9 Å². The molecule has 1 N–H and O–H groups in total. The molecule has 2 heterocycles. The Morgan fingerprint density at radius 2 is 1.79 bits per heavy atom. The fourth-order valence-corrected chi connectivity index (χ4v) is 2.18. The number of carbonyl (C=O) groups excluding carboxylic acids is 1. The summed E-state index contributed by atoms with van der Waals surface area (Å²) >= 11 is 0. The molecule has 3 rings (SSSR count). The van der Waals surface area contributed by atoms with Crippen molar-refractivity contribution in [3.8, 4) is 0 Å². The second-order valence-electron chi connectivity index (χ2n) is 4.85. The molecule has 0 aliphatic heterocycles. The van der Waals surface area contributed by atoms with E-state index in [2.05, 4.69) is 5.10 Å². The molecular formula is C15H8F5N3O. The van der Waals surface area contributed by atoms with Crippen LogP contribution in [0.3, 0.4) is 0 Å². The summed E-state index contributed by atoms with van der Waals surface area (Å²) in [6.07, 6.45) is -1.91. The van der Waals surface area contributed by atoms with E-state index >= 15 is 0 Å². The first kappa shape index (κ1) is 15.9. The monoisotopic (exact) mass is 341 g/mol. The van der Waals surface area contributed by atoms with Crippen LogP contribution in [0, 0.1) is 11.6 Å². The summed E-state index contributed by atoms with van der Waals surface area (Å²) in [5.41, 5.74) is -1.99. The number of hydrogen-bond donors (Lipinski definition) is 1. The van der Waals surface area contributed by atoms with E-state index in [1.165, 1.54) is 28.9 Å². The zero-order valence-corrected chi connectivity index (χ0v) is 11.7. The first-order chi connectivity index (χ1) is 11.3. The van der Waals surface area contributed by atoms with Crippen molar-refractivity contribution in [2.45, 2.75) is 6.18 Å². The Labute approximate surface area is 131 Å². The molecule has 3 aromatic rings. The Balaban J connectivity index is 1.97. The van der Waals surface area contributed by atoms with Crippen LogP contribution in [0.2, 0.25) is 0 Å². The van der Waals surface area contributed by atoms with E-state index in [1.54, 1.807) is 6.20 Å². The third-order valence-electron chi connectivity index (χ3n) is 3.29. The SMILES string of the molecule is O=C(Nc1c(F)cc(C(F)(F)F)cc1F)c1cccn2nccc12. The van der Waals surface area contributed by atoms with Gasteiger partial charge in [0.15, 0.2) is 0 Å². The molecule has 0 bridgehead atoms. The first-order valence-corrected chi connectivity index (χ1v) is 6.57. The lowest BCUT2D eigenvalue weighted by atomic mass is 10.1. The fraction of sp³-hybridized carbons (Fsp3) is 0.0667. The highest BCUT2D eigenvalue weighted by molar-refractivity contribution is 6.08. The van der Waals surface area contributed by atoms with Crippen LogP contribution in [-0.4, -0.2) is 15.5 Å². The number of hydrogen-bond acceptors (Lipinski definition) is 2. The van der Waals surface area contributed by atoms with Gasteiger partial charge in [-0.3, -0.25) is 4.79 Å². The highest BCUT2D eigenvalue weighted by atomic mass is 19.4. The Morgan fingerprint density at radius 3 is 2.42 bits per heavy atom. The van der Waals surface area contributed by atoms with Crippen molar-refractivity contribution in [1.29, 1.82) is 0 Å². The lowest BCUT2D eigenvalue weighted by Gasteiger charge is -2.12. The maximum absolute atomic E-state index is 13.8. The predicted molar refractivity (Wildman–Crippen MR) is 74.5 cm³/mol. The molecule has 1 amide bonds. The number of aromatic nitrogens is 2. The zero-order chi connectivity index (χ0) is 17.5. The van der Waals surface area contributed by atoms with Crippen LogP contribution in [0.5, 0.6) is 0 Å². The number of carbonyl (C=O) groups is 1. The molecule has 4 nitrogen and oxygen atoms in total. The molecular weight excluding hydrogens is 333 g/mol. The van der Waals surface area contributed by atoms with Crippen molar-refractivity contribution < 1.29 is 26.7 Å². The molecule has 0 radical (unpaired) electrons. The molecule has 0 atom stereocenters. The van der Waals surface area contributed by atoms with Crippen LogP contribution in [0.25, 0.3) is 5.52 Å². The van der Waals surface area contributed by atoms with Gasteiger partial charge in [0.05, 0.1) is 22.8 Å². The van der Waals surface area contributed by atoms with Crippen molar-refractivity contribution in [3.63, 3.8) is 0 Å². The van der Waals surface area contributed by atoms with E-state index in [-0.39, 0.29) is 17.7 Å². The summed E-state index contributed by atoms with van der Waals surface area (Å²) in [6, 6.07) is 4.64. The maximum atomic E-state index is 13.8. The standard InChI is InChI=1S/C15H8F5N3O/c16-10-6-8(15(18,19)20)7-11(17)13(10)22-14(24)9-2-1-5-23-12(9)3-4-21-23/h1-7H,(H,22,24). The largest absolute Gasteiger partial charge is 0.416 e. The molecule has 0 fully saturated rings. The number of nitrogens with zero attached hydrogens (tertiary/aromatic N) is 2. The van der Waals surface area contributed by atoms with Gasteiger partial charge in [-0.2, -0.15) is 18.3 Å². The summed E-state index contributed by atoms with van der Waals surface area (Å²) in [6.45, 7) is 0. The molecule has 0 unspecified atom stereocenters. The van der Waals surface area contributed by atoms with Gasteiger partial charge in [-0.15, -0.1) is 0 Å². The number of anilines is 1. The van der Waals surface area contributed by atoms with E-state index < -0.39 is 35.0 Å². The molecule has 2 aromatic heterocycles. The summed E-state index contributed by atoms with van der Waals surface area (Å²) in [7, 11) is 0. The number of rotatable bonds is 2. The first-order valence-electron chi connectivity index (χ1n) is 6.57. The van der Waals surface area contributed by atoms with Crippen LogP contribution in [0.15, 0.2) is 42.7 Å². The normalized spacial score (nSPS) is 11.7. The van der Waals surface area contributed by atoms with Crippen LogP contribution in [-0.2, 0) is 6.18 Å². The fourth-order valence-electron chi connectivity index (χ4n) is 2.18. The van der Waals surface area contributed by atoms with E-state index in [0.29, 0.717) is 5.52 Å². The van der Waals surface area contributed by atoms with Gasteiger partial charge in [-0.1, -0.05) is 0 Å². The lowest BCUT2D eigenvalue weighted by molar-refractivity contribution is -0.137. The van der Waals surface area contributed by atoms with Crippen molar-refractivity contribution in [2.24, 2.45) is 0 Å². The van der Waals surface area contributed by atoms with Gasteiger partial charge < -0.3 is 5.32 Å². The number of nitrogens with one attached hydrogen (secondary N) is 1. The van der Waals surface area contributed by atoms with Crippen molar-refractivity contribution in [2.75, 3.05) is 5.32 Å². The number of benzene rings is 1. The topological polar surface area (TPSA) is 46.4 Å². The Kier molecular flexibility index (Phi) is 3.70. The second-order valence-corrected chi connectivity index (χ2v) is 4.85. The maximum Gasteiger partial charge on any atom is 0.416 e. The van der Waals surface area contributed by atoms with E-state index in [4.69, 9.17) is 0 Å². The highest BCUT2D eigenvalue weighted by Gasteiger charge is 2.33. The summed E-state index contributed by atoms with van der Waals surface area (Å²) in [5, 5.41) is 5.86. The number of fused-ring (bicyclic) bond motifs is 1. The molecule has 0 saturated carbocycles. The van der Waals surface area contributed by atoms with Gasteiger partial charge in [0.2, 0.25) is 0 Å². The molecule has 0 aliphatic rings. The summed E-state index contributed by atoms with van der Waals surface area (Å²) < 4.78 is 66.5. The minimum Gasteiger partial charge on any atom is -0.317 e. The minimum absolute atomic E-state index is 0.0636. The quantitative estimate of drug-likeness (QED) is 0.719. The number of alkyl halides is 3. The lowest BCUT2D eigenvalue weighted by Crippen LogP contribution is -2.16. The third kappa shape index (κ3) is 2.80. The van der Waals surface area contributed by atoms with Crippen molar-refractivity contribution >= 4 is 17.1 Å². The number of halogens is 5. The summed E-state index contributed by atoms with van der Waals surface area (Å²) in [4.78, 5) is 12.2.